The van der Waals surface area contributed by atoms with Crippen molar-refractivity contribution in [3.8, 4) is 0 Å². The first-order valence-corrected chi connectivity index (χ1v) is 6.73. The molecule has 1 fully saturated rings. The maximum atomic E-state index is 5.78. The van der Waals surface area contributed by atoms with Crippen LogP contribution in [0.25, 0.3) is 0 Å². The summed E-state index contributed by atoms with van der Waals surface area (Å²) >= 11 is 0. The van der Waals surface area contributed by atoms with E-state index < -0.39 is 0 Å². The third-order valence-electron chi connectivity index (χ3n) is 3.34. The van der Waals surface area contributed by atoms with Gasteiger partial charge in [0.2, 0.25) is 0 Å². The molecule has 2 heterocycles. The second-order valence-corrected chi connectivity index (χ2v) is 5.09. The largest absolute Gasteiger partial charge is 0.371 e. The molecule has 0 radical (unpaired) electrons. The molecular formula is C13H24N4O. The maximum absolute atomic E-state index is 5.78. The van der Waals surface area contributed by atoms with E-state index in [1.165, 1.54) is 5.69 Å². The molecule has 0 spiro atoms. The summed E-state index contributed by atoms with van der Waals surface area (Å²) in [5.74, 6) is 0. The number of aromatic nitrogens is 2. The average molecular weight is 252 g/mol. The fourth-order valence-electron chi connectivity index (χ4n) is 2.63. The van der Waals surface area contributed by atoms with Crippen molar-refractivity contribution in [3.63, 3.8) is 0 Å². The minimum Gasteiger partial charge on any atom is -0.371 e. The Morgan fingerprint density at radius 3 is 2.94 bits per heavy atom. The first-order valence-electron chi connectivity index (χ1n) is 6.73. The molecule has 0 bridgehead atoms. The number of hydrogen-bond donors (Lipinski definition) is 1. The van der Waals surface area contributed by atoms with Gasteiger partial charge in [0, 0.05) is 32.7 Å². The zero-order valence-electron chi connectivity index (χ0n) is 11.6. The highest BCUT2D eigenvalue weighted by Crippen LogP contribution is 2.14. The normalized spacial score (nSPS) is 25.6. The van der Waals surface area contributed by atoms with Gasteiger partial charge in [-0.3, -0.25) is 9.58 Å². The molecular weight excluding hydrogens is 228 g/mol. The van der Waals surface area contributed by atoms with Gasteiger partial charge in [-0.15, -0.1) is 0 Å². The maximum Gasteiger partial charge on any atom is 0.0828 e. The second-order valence-electron chi connectivity index (χ2n) is 5.09. The monoisotopic (exact) mass is 252 g/mol. The summed E-state index contributed by atoms with van der Waals surface area (Å²) in [6, 6.07) is 2.17. The first-order chi connectivity index (χ1) is 8.62. The molecule has 1 aromatic heterocycles. The SMILES string of the molecule is CCn1nc(C)cc1CN1CC(C)OC(CN)C1. The van der Waals surface area contributed by atoms with Gasteiger partial charge in [0.15, 0.2) is 0 Å². The molecule has 0 aliphatic carbocycles. The van der Waals surface area contributed by atoms with Crippen molar-refractivity contribution in [3.05, 3.63) is 17.5 Å². The van der Waals surface area contributed by atoms with Crippen LogP contribution in [0.3, 0.4) is 0 Å². The Morgan fingerprint density at radius 1 is 1.50 bits per heavy atom. The van der Waals surface area contributed by atoms with Gasteiger partial charge in [-0.25, -0.2) is 0 Å². The number of morpholine rings is 1. The van der Waals surface area contributed by atoms with Crippen LogP contribution in [0.2, 0.25) is 0 Å². The number of rotatable bonds is 4. The number of ether oxygens (including phenoxy) is 1. The first kappa shape index (κ1) is 13.5. The average Bonchev–Trinajstić information content (AvgIpc) is 2.68. The minimum absolute atomic E-state index is 0.160. The molecule has 0 saturated carbocycles. The van der Waals surface area contributed by atoms with Crippen molar-refractivity contribution in [2.45, 2.75) is 46.1 Å². The summed E-state index contributed by atoms with van der Waals surface area (Å²) in [5.41, 5.74) is 8.08. The standard InChI is InChI=1S/C13H24N4O/c1-4-17-12(5-10(2)15-17)8-16-7-11(3)18-13(6-14)9-16/h5,11,13H,4,6-9,14H2,1-3H3. The lowest BCUT2D eigenvalue weighted by atomic mass is 10.2. The molecule has 1 aromatic rings. The summed E-state index contributed by atoms with van der Waals surface area (Å²) < 4.78 is 7.85. The summed E-state index contributed by atoms with van der Waals surface area (Å²) in [4.78, 5) is 2.41. The zero-order valence-corrected chi connectivity index (χ0v) is 11.6. The molecule has 1 saturated heterocycles. The van der Waals surface area contributed by atoms with Crippen LogP contribution in [-0.4, -0.2) is 46.5 Å². The van der Waals surface area contributed by atoms with E-state index in [-0.39, 0.29) is 12.2 Å². The third kappa shape index (κ3) is 3.10. The molecule has 18 heavy (non-hydrogen) atoms. The summed E-state index contributed by atoms with van der Waals surface area (Å²) in [5, 5.41) is 4.49. The lowest BCUT2D eigenvalue weighted by Crippen LogP contribution is -2.48. The van der Waals surface area contributed by atoms with Crippen molar-refractivity contribution in [2.75, 3.05) is 19.6 Å². The van der Waals surface area contributed by atoms with Crippen LogP contribution < -0.4 is 5.73 Å². The molecule has 1 aliphatic rings. The van der Waals surface area contributed by atoms with E-state index in [0.29, 0.717) is 6.54 Å². The van der Waals surface area contributed by atoms with Gasteiger partial charge in [-0.2, -0.15) is 5.10 Å². The summed E-state index contributed by atoms with van der Waals surface area (Å²) in [7, 11) is 0. The molecule has 2 rings (SSSR count). The van der Waals surface area contributed by atoms with Crippen molar-refractivity contribution in [1.29, 1.82) is 0 Å². The van der Waals surface area contributed by atoms with Crippen LogP contribution in [0.5, 0.6) is 0 Å². The highest BCUT2D eigenvalue weighted by atomic mass is 16.5. The van der Waals surface area contributed by atoms with E-state index in [9.17, 15) is 0 Å². The van der Waals surface area contributed by atoms with Crippen LogP contribution in [0.4, 0.5) is 0 Å². The molecule has 0 amide bonds. The number of hydrogen-bond acceptors (Lipinski definition) is 4. The quantitative estimate of drug-likeness (QED) is 0.859. The van der Waals surface area contributed by atoms with E-state index in [1.807, 2.05) is 6.92 Å². The lowest BCUT2D eigenvalue weighted by molar-refractivity contribution is -0.0750. The second kappa shape index (κ2) is 5.82. The highest BCUT2D eigenvalue weighted by Gasteiger charge is 2.24. The summed E-state index contributed by atoms with van der Waals surface area (Å²) in [6.45, 7) is 10.6. The number of nitrogens with two attached hydrogens (primary N) is 1. The van der Waals surface area contributed by atoms with Gasteiger partial charge in [-0.05, 0) is 26.8 Å². The van der Waals surface area contributed by atoms with Gasteiger partial charge in [0.25, 0.3) is 0 Å². The Morgan fingerprint density at radius 2 is 2.28 bits per heavy atom. The molecule has 2 atom stereocenters. The van der Waals surface area contributed by atoms with Crippen molar-refractivity contribution in [2.24, 2.45) is 5.73 Å². The molecule has 0 aromatic carbocycles. The zero-order chi connectivity index (χ0) is 13.1. The Balaban J connectivity index is 2.03. The van der Waals surface area contributed by atoms with Crippen molar-refractivity contribution in [1.82, 2.24) is 14.7 Å². The number of nitrogens with zero attached hydrogens (tertiary/aromatic N) is 3. The Labute approximate surface area is 109 Å². The van der Waals surface area contributed by atoms with Crippen molar-refractivity contribution < 1.29 is 4.74 Å². The van der Waals surface area contributed by atoms with Gasteiger partial charge in [0.1, 0.15) is 0 Å². The predicted molar refractivity (Wildman–Crippen MR) is 71.3 cm³/mol. The lowest BCUT2D eigenvalue weighted by Gasteiger charge is -2.36. The van der Waals surface area contributed by atoms with Crippen LogP contribution in [-0.2, 0) is 17.8 Å². The van der Waals surface area contributed by atoms with E-state index in [0.717, 1.165) is 31.9 Å². The topological polar surface area (TPSA) is 56.3 Å². The van der Waals surface area contributed by atoms with E-state index in [4.69, 9.17) is 10.5 Å². The van der Waals surface area contributed by atoms with Crippen molar-refractivity contribution >= 4 is 0 Å². The smallest absolute Gasteiger partial charge is 0.0828 e. The fraction of sp³-hybridized carbons (Fsp3) is 0.769. The highest BCUT2D eigenvalue weighted by molar-refractivity contribution is 5.09. The molecule has 5 heteroatoms. The fourth-order valence-corrected chi connectivity index (χ4v) is 2.63. The van der Waals surface area contributed by atoms with Crippen LogP contribution in [0, 0.1) is 6.92 Å². The van der Waals surface area contributed by atoms with Gasteiger partial charge >= 0.3 is 0 Å². The Hall–Kier alpha value is -0.910. The van der Waals surface area contributed by atoms with Crippen LogP contribution in [0.1, 0.15) is 25.2 Å². The van der Waals surface area contributed by atoms with Gasteiger partial charge < -0.3 is 10.5 Å². The molecule has 102 valence electrons. The van der Waals surface area contributed by atoms with E-state index in [2.05, 4.69) is 34.6 Å². The molecule has 2 N–H and O–H groups in total. The molecule has 5 nitrogen and oxygen atoms in total. The van der Waals surface area contributed by atoms with Gasteiger partial charge in [0.05, 0.1) is 23.6 Å². The third-order valence-corrected chi connectivity index (χ3v) is 3.34. The molecule has 1 aliphatic heterocycles. The summed E-state index contributed by atoms with van der Waals surface area (Å²) in [6.07, 6.45) is 0.416. The van der Waals surface area contributed by atoms with Crippen LogP contribution in [0.15, 0.2) is 6.07 Å². The van der Waals surface area contributed by atoms with E-state index in [1.54, 1.807) is 0 Å². The predicted octanol–water partition coefficient (Wildman–Crippen LogP) is 0.759. The minimum atomic E-state index is 0.160. The number of aryl methyl sites for hydroxylation is 2. The van der Waals surface area contributed by atoms with Crippen LogP contribution >= 0.6 is 0 Å². The molecule has 2 unspecified atom stereocenters. The Kier molecular flexibility index (Phi) is 4.37. The van der Waals surface area contributed by atoms with Gasteiger partial charge in [-0.1, -0.05) is 0 Å². The van der Waals surface area contributed by atoms with E-state index >= 15 is 0 Å². The Bertz CT molecular complexity index is 390.